The Labute approximate surface area is 107 Å². The summed E-state index contributed by atoms with van der Waals surface area (Å²) in [4.78, 5) is 2.19. The SMILES string of the molecule is COCCN(C)C(C)c1ccc(Cl)cc1Cl. The molecule has 0 aliphatic rings. The lowest BCUT2D eigenvalue weighted by Crippen LogP contribution is -2.26. The van der Waals surface area contributed by atoms with Crippen molar-refractivity contribution in [1.29, 1.82) is 0 Å². The predicted octanol–water partition coefficient (Wildman–Crippen LogP) is 3.63. The zero-order valence-corrected chi connectivity index (χ0v) is 11.3. The fourth-order valence-electron chi connectivity index (χ4n) is 1.51. The van der Waals surface area contributed by atoms with Crippen LogP contribution in [0.1, 0.15) is 18.5 Å². The zero-order valence-electron chi connectivity index (χ0n) is 9.84. The molecule has 0 aromatic heterocycles. The van der Waals surface area contributed by atoms with E-state index in [2.05, 4.69) is 18.9 Å². The molecule has 1 unspecified atom stereocenters. The van der Waals surface area contributed by atoms with E-state index < -0.39 is 0 Å². The standard InChI is InChI=1S/C12H17Cl2NO/c1-9(15(2)6-7-16-3)11-5-4-10(13)8-12(11)14/h4-5,8-9H,6-7H2,1-3H3. The van der Waals surface area contributed by atoms with Crippen LogP contribution in [0.3, 0.4) is 0 Å². The second kappa shape index (κ2) is 6.45. The molecule has 0 spiro atoms. The van der Waals surface area contributed by atoms with Crippen molar-refractivity contribution in [1.82, 2.24) is 4.90 Å². The van der Waals surface area contributed by atoms with Crippen LogP contribution in [0.4, 0.5) is 0 Å². The number of benzene rings is 1. The van der Waals surface area contributed by atoms with Crippen LogP contribution in [0.15, 0.2) is 18.2 Å². The molecule has 0 aliphatic heterocycles. The molecule has 1 atom stereocenters. The van der Waals surface area contributed by atoms with Crippen molar-refractivity contribution in [2.75, 3.05) is 27.3 Å². The first-order valence-electron chi connectivity index (χ1n) is 5.20. The van der Waals surface area contributed by atoms with Crippen molar-refractivity contribution >= 4 is 23.2 Å². The highest BCUT2D eigenvalue weighted by Crippen LogP contribution is 2.28. The van der Waals surface area contributed by atoms with Crippen LogP contribution < -0.4 is 0 Å². The van der Waals surface area contributed by atoms with E-state index in [0.29, 0.717) is 16.7 Å². The lowest BCUT2D eigenvalue weighted by molar-refractivity contribution is 0.143. The number of likely N-dealkylation sites (N-methyl/N-ethyl adjacent to an activating group) is 1. The Balaban J connectivity index is 2.75. The van der Waals surface area contributed by atoms with Gasteiger partial charge < -0.3 is 4.74 Å². The molecule has 90 valence electrons. The van der Waals surface area contributed by atoms with E-state index in [9.17, 15) is 0 Å². The number of halogens is 2. The molecule has 0 aliphatic carbocycles. The normalized spacial score (nSPS) is 13.1. The van der Waals surface area contributed by atoms with E-state index in [1.165, 1.54) is 0 Å². The van der Waals surface area contributed by atoms with Gasteiger partial charge in [0.1, 0.15) is 0 Å². The van der Waals surface area contributed by atoms with Crippen LogP contribution in [0, 0.1) is 0 Å². The van der Waals surface area contributed by atoms with E-state index in [1.54, 1.807) is 13.2 Å². The highest BCUT2D eigenvalue weighted by atomic mass is 35.5. The Morgan fingerprint density at radius 2 is 2.06 bits per heavy atom. The first kappa shape index (κ1) is 13.8. The molecule has 4 heteroatoms. The van der Waals surface area contributed by atoms with Crippen molar-refractivity contribution in [3.05, 3.63) is 33.8 Å². The number of rotatable bonds is 5. The summed E-state index contributed by atoms with van der Waals surface area (Å²) in [5, 5.41) is 1.38. The van der Waals surface area contributed by atoms with Gasteiger partial charge in [0.2, 0.25) is 0 Å². The van der Waals surface area contributed by atoms with Gasteiger partial charge in [-0.1, -0.05) is 29.3 Å². The first-order valence-corrected chi connectivity index (χ1v) is 5.96. The second-order valence-electron chi connectivity index (χ2n) is 3.82. The molecule has 1 aromatic carbocycles. The van der Waals surface area contributed by atoms with Crippen molar-refractivity contribution in [3.8, 4) is 0 Å². The number of nitrogens with zero attached hydrogens (tertiary/aromatic N) is 1. The van der Waals surface area contributed by atoms with Gasteiger partial charge in [-0.3, -0.25) is 4.90 Å². The summed E-state index contributed by atoms with van der Waals surface area (Å²) in [5.74, 6) is 0. The third-order valence-corrected chi connectivity index (χ3v) is 3.28. The van der Waals surface area contributed by atoms with Gasteiger partial charge in [0.25, 0.3) is 0 Å². The second-order valence-corrected chi connectivity index (χ2v) is 4.66. The van der Waals surface area contributed by atoms with E-state index in [-0.39, 0.29) is 6.04 Å². The fourth-order valence-corrected chi connectivity index (χ4v) is 2.07. The van der Waals surface area contributed by atoms with Crippen LogP contribution in [0.2, 0.25) is 10.0 Å². The Bertz CT molecular complexity index is 344. The lowest BCUT2D eigenvalue weighted by atomic mass is 10.1. The van der Waals surface area contributed by atoms with E-state index >= 15 is 0 Å². The Kier molecular flexibility index (Phi) is 5.56. The van der Waals surface area contributed by atoms with Crippen LogP contribution in [0.5, 0.6) is 0 Å². The summed E-state index contributed by atoms with van der Waals surface area (Å²) in [6, 6.07) is 5.86. The molecule has 0 radical (unpaired) electrons. The third-order valence-electron chi connectivity index (χ3n) is 2.72. The minimum Gasteiger partial charge on any atom is -0.383 e. The highest BCUT2D eigenvalue weighted by Gasteiger charge is 2.14. The smallest absolute Gasteiger partial charge is 0.0589 e. The van der Waals surface area contributed by atoms with Crippen molar-refractivity contribution in [2.45, 2.75) is 13.0 Å². The molecule has 0 heterocycles. The average molecular weight is 262 g/mol. The van der Waals surface area contributed by atoms with E-state index in [4.69, 9.17) is 27.9 Å². The summed E-state index contributed by atoms with van der Waals surface area (Å²) >= 11 is 12.0. The molecule has 1 aromatic rings. The first-order chi connectivity index (χ1) is 7.56. The lowest BCUT2D eigenvalue weighted by Gasteiger charge is -2.25. The van der Waals surface area contributed by atoms with E-state index in [1.807, 2.05) is 12.1 Å². The highest BCUT2D eigenvalue weighted by molar-refractivity contribution is 6.35. The van der Waals surface area contributed by atoms with Crippen LogP contribution in [0.25, 0.3) is 0 Å². The maximum atomic E-state index is 6.16. The summed E-state index contributed by atoms with van der Waals surface area (Å²) in [7, 11) is 3.75. The third kappa shape index (κ3) is 3.63. The molecule has 0 bridgehead atoms. The Morgan fingerprint density at radius 1 is 1.38 bits per heavy atom. The van der Waals surface area contributed by atoms with Crippen molar-refractivity contribution in [3.63, 3.8) is 0 Å². The minimum atomic E-state index is 0.250. The molecule has 16 heavy (non-hydrogen) atoms. The molecule has 0 fully saturated rings. The van der Waals surface area contributed by atoms with Gasteiger partial charge >= 0.3 is 0 Å². The van der Waals surface area contributed by atoms with Gasteiger partial charge in [0, 0.05) is 29.7 Å². The minimum absolute atomic E-state index is 0.250. The van der Waals surface area contributed by atoms with E-state index in [0.717, 1.165) is 12.1 Å². The summed E-state index contributed by atoms with van der Waals surface area (Å²) < 4.78 is 5.05. The molecule has 2 nitrogen and oxygen atoms in total. The van der Waals surface area contributed by atoms with Gasteiger partial charge in [0.05, 0.1) is 6.61 Å². The average Bonchev–Trinajstić information content (AvgIpc) is 2.25. The maximum Gasteiger partial charge on any atom is 0.0589 e. The van der Waals surface area contributed by atoms with Gasteiger partial charge in [-0.25, -0.2) is 0 Å². The van der Waals surface area contributed by atoms with Crippen LogP contribution in [-0.2, 0) is 4.74 Å². The molecular formula is C12H17Cl2NO. The summed E-state index contributed by atoms with van der Waals surface area (Å²) in [6.07, 6.45) is 0. The number of ether oxygens (including phenoxy) is 1. The molecule has 0 saturated carbocycles. The molecular weight excluding hydrogens is 245 g/mol. The number of hydrogen-bond acceptors (Lipinski definition) is 2. The number of hydrogen-bond donors (Lipinski definition) is 0. The van der Waals surface area contributed by atoms with Crippen LogP contribution in [-0.4, -0.2) is 32.2 Å². The molecule has 0 amide bonds. The number of methoxy groups -OCH3 is 1. The molecule has 0 N–H and O–H groups in total. The summed E-state index contributed by atoms with van der Waals surface area (Å²) in [5.41, 5.74) is 1.09. The van der Waals surface area contributed by atoms with Gasteiger partial charge in [-0.2, -0.15) is 0 Å². The monoisotopic (exact) mass is 261 g/mol. The zero-order chi connectivity index (χ0) is 12.1. The summed E-state index contributed by atoms with van der Waals surface area (Å²) in [6.45, 7) is 3.70. The maximum absolute atomic E-state index is 6.16. The van der Waals surface area contributed by atoms with Gasteiger partial charge in [0.15, 0.2) is 0 Å². The van der Waals surface area contributed by atoms with Gasteiger partial charge in [-0.05, 0) is 31.7 Å². The van der Waals surface area contributed by atoms with Crippen LogP contribution >= 0.6 is 23.2 Å². The predicted molar refractivity (Wildman–Crippen MR) is 69.4 cm³/mol. The van der Waals surface area contributed by atoms with Gasteiger partial charge in [-0.15, -0.1) is 0 Å². The fraction of sp³-hybridized carbons (Fsp3) is 0.500. The Morgan fingerprint density at radius 3 is 2.62 bits per heavy atom. The quantitative estimate of drug-likeness (QED) is 0.803. The largest absolute Gasteiger partial charge is 0.383 e. The topological polar surface area (TPSA) is 12.5 Å². The van der Waals surface area contributed by atoms with Crippen molar-refractivity contribution in [2.24, 2.45) is 0 Å². The van der Waals surface area contributed by atoms with Crippen molar-refractivity contribution < 1.29 is 4.74 Å². The molecule has 0 saturated heterocycles. The Hall–Kier alpha value is -0.280. The molecule has 1 rings (SSSR count).